The van der Waals surface area contributed by atoms with Crippen molar-refractivity contribution < 1.29 is 9.15 Å². The zero-order valence-corrected chi connectivity index (χ0v) is 16.7. The van der Waals surface area contributed by atoms with Gasteiger partial charge in [-0.15, -0.1) is 0 Å². The fourth-order valence-corrected chi connectivity index (χ4v) is 2.95. The fourth-order valence-electron chi connectivity index (χ4n) is 2.81. The maximum absolute atomic E-state index is 6.22. The Morgan fingerprint density at radius 3 is 2.69 bits per heavy atom. The molecule has 9 nitrogen and oxygen atoms in total. The number of halogens is 1. The summed E-state index contributed by atoms with van der Waals surface area (Å²) in [6.07, 6.45) is 4.57. The van der Waals surface area contributed by atoms with E-state index in [1.165, 1.54) is 12.6 Å². The quantitative estimate of drug-likeness (QED) is 0.421. The molecule has 0 unspecified atom stereocenters. The second-order valence-electron chi connectivity index (χ2n) is 6.31. The Balaban J connectivity index is 1.63. The Morgan fingerprint density at radius 2 is 2.00 bits per heavy atom. The number of aryl methyl sites for hydroxylation is 2. The number of anilines is 4. The average molecular weight is 412 g/mol. The van der Waals surface area contributed by atoms with Crippen molar-refractivity contribution in [2.45, 2.75) is 13.8 Å². The zero-order valence-electron chi connectivity index (χ0n) is 15.9. The van der Waals surface area contributed by atoms with Crippen LogP contribution in [-0.4, -0.2) is 32.3 Å². The average Bonchev–Trinajstić information content (AvgIpc) is 3.37. The first-order chi connectivity index (χ1) is 14.0. The standard InChI is InChI=1S/C19H18ClN7O2/c1-10-4-14(15(28-3)6-12(10)16-8-21-9-29-16)23-19-22-7-13(20)18(25-19)24-17-5-11(2)26-27-17/h4-9H,1-3H3,(H3,22,23,24,25,26,27). The van der Waals surface area contributed by atoms with Crippen molar-refractivity contribution in [1.29, 1.82) is 0 Å². The molecule has 0 aliphatic carbocycles. The number of ether oxygens (including phenoxy) is 1. The normalized spacial score (nSPS) is 10.8. The van der Waals surface area contributed by atoms with E-state index in [4.69, 9.17) is 20.8 Å². The van der Waals surface area contributed by atoms with Gasteiger partial charge in [-0.25, -0.2) is 9.97 Å². The molecule has 148 valence electrons. The molecule has 0 saturated heterocycles. The molecule has 0 bridgehead atoms. The number of methoxy groups -OCH3 is 1. The number of benzene rings is 1. The van der Waals surface area contributed by atoms with E-state index < -0.39 is 0 Å². The predicted molar refractivity (Wildman–Crippen MR) is 110 cm³/mol. The van der Waals surface area contributed by atoms with Crippen molar-refractivity contribution >= 4 is 34.9 Å². The van der Waals surface area contributed by atoms with Crippen LogP contribution in [0.1, 0.15) is 11.3 Å². The molecule has 3 N–H and O–H groups in total. The highest BCUT2D eigenvalue weighted by molar-refractivity contribution is 6.32. The Kier molecular flexibility index (Phi) is 5.05. The number of hydrogen-bond acceptors (Lipinski definition) is 8. The van der Waals surface area contributed by atoms with Gasteiger partial charge in [-0.1, -0.05) is 11.6 Å². The topological polar surface area (TPSA) is 114 Å². The lowest BCUT2D eigenvalue weighted by atomic mass is 10.1. The van der Waals surface area contributed by atoms with Crippen LogP contribution in [0.3, 0.4) is 0 Å². The maximum Gasteiger partial charge on any atom is 0.229 e. The molecule has 1 aromatic carbocycles. The molecule has 0 aliphatic rings. The van der Waals surface area contributed by atoms with Crippen molar-refractivity contribution in [2.24, 2.45) is 0 Å². The van der Waals surface area contributed by atoms with E-state index in [2.05, 4.69) is 35.8 Å². The van der Waals surface area contributed by atoms with Crippen LogP contribution in [-0.2, 0) is 0 Å². The number of H-pyrrole nitrogens is 1. The zero-order chi connectivity index (χ0) is 20.4. The smallest absolute Gasteiger partial charge is 0.229 e. The lowest BCUT2D eigenvalue weighted by molar-refractivity contribution is 0.416. The molecule has 0 amide bonds. The monoisotopic (exact) mass is 411 g/mol. The van der Waals surface area contributed by atoms with E-state index >= 15 is 0 Å². The molecule has 0 saturated carbocycles. The summed E-state index contributed by atoms with van der Waals surface area (Å²) in [5.74, 6) is 2.67. The van der Waals surface area contributed by atoms with Gasteiger partial charge in [0.1, 0.15) is 10.8 Å². The summed E-state index contributed by atoms with van der Waals surface area (Å²) in [7, 11) is 1.59. The van der Waals surface area contributed by atoms with Crippen LogP contribution in [0.25, 0.3) is 11.3 Å². The van der Waals surface area contributed by atoms with Gasteiger partial charge < -0.3 is 19.8 Å². The van der Waals surface area contributed by atoms with Gasteiger partial charge in [-0.05, 0) is 31.5 Å². The summed E-state index contributed by atoms with van der Waals surface area (Å²) in [6, 6.07) is 5.65. The van der Waals surface area contributed by atoms with Crippen LogP contribution in [0.5, 0.6) is 5.75 Å². The van der Waals surface area contributed by atoms with E-state index in [9.17, 15) is 0 Å². The predicted octanol–water partition coefficient (Wildman–Crippen LogP) is 4.62. The van der Waals surface area contributed by atoms with E-state index in [0.29, 0.717) is 39.8 Å². The van der Waals surface area contributed by atoms with Gasteiger partial charge >= 0.3 is 0 Å². The molecule has 4 rings (SSSR count). The van der Waals surface area contributed by atoms with Crippen LogP contribution in [0, 0.1) is 13.8 Å². The van der Waals surface area contributed by atoms with Crippen LogP contribution in [0.2, 0.25) is 5.02 Å². The van der Waals surface area contributed by atoms with Crippen LogP contribution in [0.4, 0.5) is 23.3 Å². The third kappa shape index (κ3) is 3.99. The Bertz CT molecular complexity index is 1140. The first-order valence-corrected chi connectivity index (χ1v) is 9.07. The van der Waals surface area contributed by atoms with Gasteiger partial charge in [-0.2, -0.15) is 10.1 Å². The van der Waals surface area contributed by atoms with Gasteiger partial charge in [0.25, 0.3) is 0 Å². The summed E-state index contributed by atoms with van der Waals surface area (Å²) in [5, 5.41) is 13.6. The lowest BCUT2D eigenvalue weighted by Gasteiger charge is -2.14. The van der Waals surface area contributed by atoms with Crippen LogP contribution < -0.4 is 15.4 Å². The second kappa shape index (κ2) is 7.80. The number of nitrogens with zero attached hydrogens (tertiary/aromatic N) is 4. The summed E-state index contributed by atoms with van der Waals surface area (Å²) in [4.78, 5) is 12.7. The van der Waals surface area contributed by atoms with Gasteiger partial charge in [0.05, 0.1) is 25.2 Å². The summed E-state index contributed by atoms with van der Waals surface area (Å²) in [6.45, 7) is 3.88. The molecule has 10 heteroatoms. The molecule has 0 atom stereocenters. The van der Waals surface area contributed by atoms with Gasteiger partial charge in [0.15, 0.2) is 23.8 Å². The molecule has 4 aromatic rings. The van der Waals surface area contributed by atoms with Crippen LogP contribution in [0.15, 0.2) is 41.4 Å². The highest BCUT2D eigenvalue weighted by Crippen LogP contribution is 2.35. The van der Waals surface area contributed by atoms with E-state index in [0.717, 1.165) is 16.8 Å². The van der Waals surface area contributed by atoms with Crippen molar-refractivity contribution in [2.75, 3.05) is 17.7 Å². The van der Waals surface area contributed by atoms with E-state index in [-0.39, 0.29) is 0 Å². The van der Waals surface area contributed by atoms with Gasteiger partial charge in [0, 0.05) is 17.3 Å². The second-order valence-corrected chi connectivity index (χ2v) is 6.72. The number of hydrogen-bond donors (Lipinski definition) is 3. The molecule has 3 heterocycles. The third-order valence-corrected chi connectivity index (χ3v) is 4.46. The van der Waals surface area contributed by atoms with E-state index in [1.54, 1.807) is 13.3 Å². The summed E-state index contributed by atoms with van der Waals surface area (Å²) < 4.78 is 10.9. The summed E-state index contributed by atoms with van der Waals surface area (Å²) in [5.41, 5.74) is 3.49. The molecule has 0 fully saturated rings. The molecule has 29 heavy (non-hydrogen) atoms. The lowest BCUT2D eigenvalue weighted by Crippen LogP contribution is -2.03. The first-order valence-electron chi connectivity index (χ1n) is 8.69. The Hall–Kier alpha value is -3.59. The molecule has 0 aliphatic heterocycles. The summed E-state index contributed by atoms with van der Waals surface area (Å²) >= 11 is 6.22. The number of aromatic nitrogens is 5. The molecule has 0 radical (unpaired) electrons. The van der Waals surface area contributed by atoms with Crippen molar-refractivity contribution in [3.63, 3.8) is 0 Å². The van der Waals surface area contributed by atoms with Crippen molar-refractivity contribution in [3.8, 4) is 17.1 Å². The number of oxazole rings is 1. The minimum atomic E-state index is 0.356. The molecular formula is C19H18ClN7O2. The van der Waals surface area contributed by atoms with E-state index in [1.807, 2.05) is 32.0 Å². The Morgan fingerprint density at radius 1 is 1.14 bits per heavy atom. The largest absolute Gasteiger partial charge is 0.495 e. The maximum atomic E-state index is 6.22. The minimum absolute atomic E-state index is 0.356. The SMILES string of the molecule is COc1cc(-c2cnco2)c(C)cc1Nc1ncc(Cl)c(Nc2cc(C)[nH]n2)n1. The van der Waals surface area contributed by atoms with Crippen molar-refractivity contribution in [1.82, 2.24) is 25.1 Å². The first kappa shape index (κ1) is 18.8. The van der Waals surface area contributed by atoms with Gasteiger partial charge in [-0.3, -0.25) is 5.10 Å². The third-order valence-electron chi connectivity index (χ3n) is 4.19. The molecular weight excluding hydrogens is 394 g/mol. The highest BCUT2D eigenvalue weighted by atomic mass is 35.5. The van der Waals surface area contributed by atoms with Gasteiger partial charge in [0.2, 0.25) is 5.95 Å². The molecule has 0 spiro atoms. The Labute approximate surface area is 171 Å². The van der Waals surface area contributed by atoms with Crippen LogP contribution >= 0.6 is 11.6 Å². The number of nitrogens with one attached hydrogen (secondary N) is 3. The number of rotatable bonds is 6. The minimum Gasteiger partial charge on any atom is -0.495 e. The highest BCUT2D eigenvalue weighted by Gasteiger charge is 2.14. The fraction of sp³-hybridized carbons (Fsp3) is 0.158. The van der Waals surface area contributed by atoms with Crippen molar-refractivity contribution in [3.05, 3.63) is 53.3 Å². The molecule has 3 aromatic heterocycles. The number of aromatic amines is 1.